The molecule has 0 saturated heterocycles. The lowest BCUT2D eigenvalue weighted by molar-refractivity contribution is 0.705. The van der Waals surface area contributed by atoms with Gasteiger partial charge < -0.3 is 0 Å². The third-order valence-corrected chi connectivity index (χ3v) is 4.14. The summed E-state index contributed by atoms with van der Waals surface area (Å²) in [5.41, 5.74) is 2.46. The molecule has 0 amide bonds. The Morgan fingerprint density at radius 2 is 1.68 bits per heavy atom. The molecule has 112 valence electrons. The first kappa shape index (κ1) is 15.0. The standard InChI is InChI=1S/C17H16ClN3S/c18-15-9-6-14(7-10-15)12-21-16(19-20-17(21)22)11-8-13-4-2-1-3-5-13/h1-7,9-10H,8,11-12H2,(H,20,22). The van der Waals surface area contributed by atoms with Gasteiger partial charge in [0, 0.05) is 11.4 Å². The number of benzene rings is 2. The van der Waals surface area contributed by atoms with E-state index in [4.69, 9.17) is 23.8 Å². The zero-order valence-electron chi connectivity index (χ0n) is 12.0. The summed E-state index contributed by atoms with van der Waals surface area (Å²) in [6.07, 6.45) is 1.80. The van der Waals surface area contributed by atoms with Crippen LogP contribution >= 0.6 is 23.8 Å². The van der Waals surface area contributed by atoms with Crippen LogP contribution in [0.4, 0.5) is 0 Å². The summed E-state index contributed by atoms with van der Waals surface area (Å²) < 4.78 is 2.69. The molecule has 1 aromatic heterocycles. The molecule has 1 N–H and O–H groups in total. The SMILES string of the molecule is S=c1[nH]nc(CCc2ccccc2)n1Cc1ccc(Cl)cc1. The predicted molar refractivity (Wildman–Crippen MR) is 91.8 cm³/mol. The first-order valence-electron chi connectivity index (χ1n) is 7.15. The lowest BCUT2D eigenvalue weighted by Gasteiger charge is -2.07. The second kappa shape index (κ2) is 6.90. The van der Waals surface area contributed by atoms with Gasteiger partial charge in [0.15, 0.2) is 4.77 Å². The molecule has 0 aliphatic heterocycles. The van der Waals surface area contributed by atoms with E-state index < -0.39 is 0 Å². The highest BCUT2D eigenvalue weighted by Crippen LogP contribution is 2.13. The minimum atomic E-state index is 0.651. The van der Waals surface area contributed by atoms with Gasteiger partial charge in [-0.25, -0.2) is 0 Å². The predicted octanol–water partition coefficient (Wildman–Crippen LogP) is 4.43. The average molecular weight is 330 g/mol. The number of H-pyrrole nitrogens is 1. The van der Waals surface area contributed by atoms with Crippen LogP contribution in [-0.4, -0.2) is 14.8 Å². The number of aryl methyl sites for hydroxylation is 2. The Morgan fingerprint density at radius 1 is 0.955 bits per heavy atom. The van der Waals surface area contributed by atoms with Gasteiger partial charge in [0.2, 0.25) is 0 Å². The fourth-order valence-electron chi connectivity index (χ4n) is 2.38. The number of halogens is 1. The molecule has 1 heterocycles. The van der Waals surface area contributed by atoms with E-state index >= 15 is 0 Å². The highest BCUT2D eigenvalue weighted by molar-refractivity contribution is 7.71. The van der Waals surface area contributed by atoms with Gasteiger partial charge in [0.1, 0.15) is 5.82 Å². The van der Waals surface area contributed by atoms with Gasteiger partial charge in [0.05, 0.1) is 6.54 Å². The van der Waals surface area contributed by atoms with E-state index in [1.54, 1.807) is 0 Å². The van der Waals surface area contributed by atoms with Crippen molar-refractivity contribution in [1.82, 2.24) is 14.8 Å². The number of nitrogens with one attached hydrogen (secondary N) is 1. The summed E-state index contributed by atoms with van der Waals surface area (Å²) in [5.74, 6) is 0.976. The normalized spacial score (nSPS) is 10.8. The summed E-state index contributed by atoms with van der Waals surface area (Å²) in [7, 11) is 0. The van der Waals surface area contributed by atoms with Crippen molar-refractivity contribution in [3.05, 3.63) is 81.3 Å². The van der Waals surface area contributed by atoms with Crippen LogP contribution in [0, 0.1) is 4.77 Å². The number of nitrogens with zero attached hydrogens (tertiary/aromatic N) is 2. The van der Waals surface area contributed by atoms with Crippen LogP contribution in [0.1, 0.15) is 17.0 Å². The second-order valence-corrected chi connectivity index (χ2v) is 5.97. The number of rotatable bonds is 5. The molecule has 22 heavy (non-hydrogen) atoms. The van der Waals surface area contributed by atoms with Crippen LogP contribution in [0.25, 0.3) is 0 Å². The van der Waals surface area contributed by atoms with E-state index in [0.717, 1.165) is 29.3 Å². The van der Waals surface area contributed by atoms with Crippen LogP contribution in [0.15, 0.2) is 54.6 Å². The molecule has 2 aromatic carbocycles. The van der Waals surface area contributed by atoms with E-state index in [9.17, 15) is 0 Å². The van der Waals surface area contributed by atoms with E-state index in [2.05, 4.69) is 34.5 Å². The zero-order chi connectivity index (χ0) is 15.4. The van der Waals surface area contributed by atoms with Crippen LogP contribution < -0.4 is 0 Å². The first-order valence-corrected chi connectivity index (χ1v) is 7.93. The van der Waals surface area contributed by atoms with E-state index in [1.807, 2.05) is 34.9 Å². The molecular weight excluding hydrogens is 314 g/mol. The van der Waals surface area contributed by atoms with Gasteiger partial charge in [-0.1, -0.05) is 54.1 Å². The van der Waals surface area contributed by atoms with Crippen molar-refractivity contribution in [2.24, 2.45) is 0 Å². The fourth-order valence-corrected chi connectivity index (χ4v) is 2.72. The summed E-state index contributed by atoms with van der Waals surface area (Å²) >= 11 is 11.3. The highest BCUT2D eigenvalue weighted by atomic mass is 35.5. The molecule has 0 atom stereocenters. The average Bonchev–Trinajstić information content (AvgIpc) is 2.89. The van der Waals surface area contributed by atoms with Gasteiger partial charge in [-0.05, 0) is 41.9 Å². The van der Waals surface area contributed by atoms with Crippen LogP contribution in [-0.2, 0) is 19.4 Å². The quantitative estimate of drug-likeness (QED) is 0.703. The van der Waals surface area contributed by atoms with Gasteiger partial charge in [-0.15, -0.1) is 0 Å². The highest BCUT2D eigenvalue weighted by Gasteiger charge is 2.07. The minimum Gasteiger partial charge on any atom is -0.300 e. The molecule has 3 aromatic rings. The summed E-state index contributed by atoms with van der Waals surface area (Å²) in [5, 5.41) is 8.00. The molecule has 3 rings (SSSR count). The van der Waals surface area contributed by atoms with Crippen molar-refractivity contribution in [2.75, 3.05) is 0 Å². The fraction of sp³-hybridized carbons (Fsp3) is 0.176. The minimum absolute atomic E-state index is 0.651. The molecule has 0 radical (unpaired) electrons. The summed E-state index contributed by atoms with van der Waals surface area (Å²) in [6.45, 7) is 0.705. The van der Waals surface area contributed by atoms with Gasteiger partial charge >= 0.3 is 0 Å². The largest absolute Gasteiger partial charge is 0.300 e. The monoisotopic (exact) mass is 329 g/mol. The van der Waals surface area contributed by atoms with Gasteiger partial charge in [-0.2, -0.15) is 5.10 Å². The van der Waals surface area contributed by atoms with Crippen molar-refractivity contribution >= 4 is 23.8 Å². The summed E-state index contributed by atoms with van der Waals surface area (Å²) in [6, 6.07) is 18.2. The summed E-state index contributed by atoms with van der Waals surface area (Å²) in [4.78, 5) is 0. The van der Waals surface area contributed by atoms with E-state index in [1.165, 1.54) is 5.56 Å². The Kier molecular flexibility index (Phi) is 4.71. The number of aromatic nitrogens is 3. The van der Waals surface area contributed by atoms with Gasteiger partial charge in [0.25, 0.3) is 0 Å². The van der Waals surface area contributed by atoms with E-state index in [0.29, 0.717) is 11.3 Å². The van der Waals surface area contributed by atoms with Crippen LogP contribution in [0.2, 0.25) is 5.02 Å². The maximum Gasteiger partial charge on any atom is 0.195 e. The lowest BCUT2D eigenvalue weighted by Crippen LogP contribution is -2.06. The van der Waals surface area contributed by atoms with Gasteiger partial charge in [-0.3, -0.25) is 9.67 Å². The van der Waals surface area contributed by atoms with Crippen LogP contribution in [0.5, 0.6) is 0 Å². The number of aromatic amines is 1. The Morgan fingerprint density at radius 3 is 2.41 bits per heavy atom. The van der Waals surface area contributed by atoms with Crippen molar-refractivity contribution < 1.29 is 0 Å². The van der Waals surface area contributed by atoms with Crippen molar-refractivity contribution in [1.29, 1.82) is 0 Å². The molecule has 3 nitrogen and oxygen atoms in total. The lowest BCUT2D eigenvalue weighted by atomic mass is 10.1. The molecular formula is C17H16ClN3S. The third-order valence-electron chi connectivity index (χ3n) is 3.57. The molecule has 0 aliphatic carbocycles. The Balaban J connectivity index is 1.76. The maximum absolute atomic E-state index is 5.93. The Bertz CT molecular complexity index is 791. The number of hydrogen-bond donors (Lipinski definition) is 1. The topological polar surface area (TPSA) is 33.6 Å². The molecule has 0 unspecified atom stereocenters. The Hall–Kier alpha value is -1.91. The molecule has 0 bridgehead atoms. The molecule has 0 saturated carbocycles. The second-order valence-electron chi connectivity index (χ2n) is 5.14. The third kappa shape index (κ3) is 3.64. The molecule has 5 heteroatoms. The molecule has 0 fully saturated rings. The number of hydrogen-bond acceptors (Lipinski definition) is 2. The first-order chi connectivity index (χ1) is 10.7. The zero-order valence-corrected chi connectivity index (χ0v) is 13.6. The van der Waals surface area contributed by atoms with Crippen molar-refractivity contribution in [2.45, 2.75) is 19.4 Å². The van der Waals surface area contributed by atoms with Crippen molar-refractivity contribution in [3.63, 3.8) is 0 Å². The maximum atomic E-state index is 5.93. The molecule has 0 spiro atoms. The molecule has 0 aliphatic rings. The smallest absolute Gasteiger partial charge is 0.195 e. The Labute approximate surface area is 139 Å². The van der Waals surface area contributed by atoms with Crippen molar-refractivity contribution in [3.8, 4) is 0 Å². The van der Waals surface area contributed by atoms with E-state index in [-0.39, 0.29) is 0 Å². The van der Waals surface area contributed by atoms with Crippen LogP contribution in [0.3, 0.4) is 0 Å².